The average molecular weight is 287 g/mol. The number of imidazole rings is 1. The van der Waals surface area contributed by atoms with Crippen LogP contribution in [0.3, 0.4) is 0 Å². The predicted molar refractivity (Wildman–Crippen MR) is 88.5 cm³/mol. The van der Waals surface area contributed by atoms with Gasteiger partial charge in [0.2, 0.25) is 0 Å². The Kier molecular flexibility index (Phi) is 4.67. The first-order chi connectivity index (χ1) is 10.3. The van der Waals surface area contributed by atoms with Crippen molar-refractivity contribution in [2.45, 2.75) is 82.6 Å². The van der Waals surface area contributed by atoms with Gasteiger partial charge >= 0.3 is 0 Å². The molecule has 0 bridgehead atoms. The van der Waals surface area contributed by atoms with Crippen LogP contribution in [0.1, 0.15) is 87.6 Å². The number of nitrogens with zero attached hydrogens (tertiary/aromatic N) is 2. The molecule has 3 heteroatoms. The van der Waals surface area contributed by atoms with Crippen LogP contribution >= 0.6 is 0 Å². The first-order valence-electron chi connectivity index (χ1n) is 8.78. The lowest BCUT2D eigenvalue weighted by molar-refractivity contribution is 0.576. The number of hydrogen-bond donors (Lipinski definition) is 1. The minimum absolute atomic E-state index is 0.582. The van der Waals surface area contributed by atoms with E-state index < -0.39 is 0 Å². The van der Waals surface area contributed by atoms with Crippen molar-refractivity contribution in [3.8, 4) is 0 Å². The summed E-state index contributed by atoms with van der Waals surface area (Å²) < 4.78 is 2.24. The average Bonchev–Trinajstić information content (AvgIpc) is 3.02. The van der Waals surface area contributed by atoms with Gasteiger partial charge in [0, 0.05) is 18.4 Å². The molecule has 0 amide bonds. The highest BCUT2D eigenvalue weighted by Crippen LogP contribution is 2.39. The predicted octanol–water partition coefficient (Wildman–Crippen LogP) is 4.75. The Bertz CT molecular complexity index is 475. The fraction of sp³-hybridized carbons (Fsp3) is 0.722. The van der Waals surface area contributed by atoms with E-state index in [9.17, 15) is 0 Å². The van der Waals surface area contributed by atoms with Gasteiger partial charge in [0.25, 0.3) is 0 Å². The maximum absolute atomic E-state index is 6.49. The summed E-state index contributed by atoms with van der Waals surface area (Å²) >= 11 is 0. The molecule has 2 saturated carbocycles. The van der Waals surface area contributed by atoms with Crippen LogP contribution in [0.5, 0.6) is 0 Å². The maximum atomic E-state index is 6.49. The zero-order valence-corrected chi connectivity index (χ0v) is 13.2. The number of anilines is 1. The highest BCUT2D eigenvalue weighted by atomic mass is 15.1. The van der Waals surface area contributed by atoms with Crippen LogP contribution < -0.4 is 5.73 Å². The normalized spacial score (nSPS) is 21.5. The lowest BCUT2D eigenvalue weighted by atomic mass is 9.96. The lowest BCUT2D eigenvalue weighted by Gasteiger charge is -2.13. The number of nitrogens with two attached hydrogens (primary N) is 1. The summed E-state index contributed by atoms with van der Waals surface area (Å²) in [4.78, 5) is 5.07. The molecule has 21 heavy (non-hydrogen) atoms. The highest BCUT2D eigenvalue weighted by Gasteiger charge is 2.28. The summed E-state index contributed by atoms with van der Waals surface area (Å²) in [5.74, 6) is 3.36. The second kappa shape index (κ2) is 6.67. The van der Waals surface area contributed by atoms with Gasteiger partial charge in [0.1, 0.15) is 11.6 Å². The molecule has 0 aromatic carbocycles. The quantitative estimate of drug-likeness (QED) is 0.641. The summed E-state index contributed by atoms with van der Waals surface area (Å²) in [7, 11) is 0. The molecule has 3 nitrogen and oxygen atoms in total. The van der Waals surface area contributed by atoms with E-state index in [1.54, 1.807) is 0 Å². The Balaban J connectivity index is 1.92. The minimum Gasteiger partial charge on any atom is -0.384 e. The molecule has 0 radical (unpaired) electrons. The highest BCUT2D eigenvalue weighted by molar-refractivity contribution is 5.42. The summed E-state index contributed by atoms with van der Waals surface area (Å²) in [5.41, 5.74) is 7.69. The standard InChI is InChI=1S/C18H29N3/c1-2-13-21-17(19)16(14-9-5-3-4-6-10-14)20-18(21)15-11-7-8-12-15/h2,14-15H,1,3-13,19H2. The van der Waals surface area contributed by atoms with Gasteiger partial charge in [0.05, 0.1) is 5.69 Å². The van der Waals surface area contributed by atoms with E-state index in [0.29, 0.717) is 11.8 Å². The van der Waals surface area contributed by atoms with Crippen LogP contribution in [0.2, 0.25) is 0 Å². The molecule has 2 fully saturated rings. The Hall–Kier alpha value is -1.25. The van der Waals surface area contributed by atoms with Crippen LogP contribution in [0.15, 0.2) is 12.7 Å². The number of rotatable bonds is 4. The SMILES string of the molecule is C=CCn1c(C2CCCC2)nc(C2CCCCCC2)c1N. The van der Waals surface area contributed by atoms with Gasteiger partial charge < -0.3 is 10.3 Å². The summed E-state index contributed by atoms with van der Waals surface area (Å²) in [5, 5.41) is 0. The third-order valence-corrected chi connectivity index (χ3v) is 5.34. The molecule has 0 aliphatic heterocycles. The second-order valence-electron chi connectivity index (χ2n) is 6.81. The fourth-order valence-electron chi connectivity index (χ4n) is 4.17. The zero-order chi connectivity index (χ0) is 14.7. The molecule has 1 aromatic heterocycles. The lowest BCUT2D eigenvalue weighted by Crippen LogP contribution is -2.09. The van der Waals surface area contributed by atoms with E-state index in [1.165, 1.54) is 75.7 Å². The Morgan fingerprint density at radius 1 is 1.00 bits per heavy atom. The van der Waals surface area contributed by atoms with Gasteiger partial charge in [-0.3, -0.25) is 0 Å². The van der Waals surface area contributed by atoms with Crippen molar-refractivity contribution in [1.82, 2.24) is 9.55 Å². The monoisotopic (exact) mass is 287 g/mol. The van der Waals surface area contributed by atoms with Crippen molar-refractivity contribution in [3.05, 3.63) is 24.2 Å². The first kappa shape index (κ1) is 14.7. The maximum Gasteiger partial charge on any atom is 0.127 e. The topological polar surface area (TPSA) is 43.8 Å². The molecule has 1 aromatic rings. The molecule has 0 atom stereocenters. The summed E-state index contributed by atoms with van der Waals surface area (Å²) in [6.45, 7) is 4.70. The van der Waals surface area contributed by atoms with Gasteiger partial charge in [-0.2, -0.15) is 0 Å². The molecule has 3 rings (SSSR count). The zero-order valence-electron chi connectivity index (χ0n) is 13.2. The van der Waals surface area contributed by atoms with Crippen molar-refractivity contribution in [2.75, 3.05) is 5.73 Å². The van der Waals surface area contributed by atoms with E-state index in [1.807, 2.05) is 6.08 Å². The molecular weight excluding hydrogens is 258 g/mol. The molecule has 1 heterocycles. The number of allylic oxidation sites excluding steroid dienone is 1. The van der Waals surface area contributed by atoms with Crippen LogP contribution in [-0.4, -0.2) is 9.55 Å². The van der Waals surface area contributed by atoms with Crippen molar-refractivity contribution >= 4 is 5.82 Å². The molecule has 0 saturated heterocycles. The van der Waals surface area contributed by atoms with Gasteiger partial charge in [-0.15, -0.1) is 6.58 Å². The third-order valence-electron chi connectivity index (χ3n) is 5.34. The van der Waals surface area contributed by atoms with E-state index >= 15 is 0 Å². The molecule has 2 aliphatic rings. The van der Waals surface area contributed by atoms with E-state index in [0.717, 1.165) is 12.4 Å². The largest absolute Gasteiger partial charge is 0.384 e. The van der Waals surface area contributed by atoms with Crippen LogP contribution in [-0.2, 0) is 6.54 Å². The Labute approximate surface area is 128 Å². The number of nitrogen functional groups attached to an aromatic ring is 1. The van der Waals surface area contributed by atoms with Crippen LogP contribution in [0.25, 0.3) is 0 Å². The van der Waals surface area contributed by atoms with Crippen molar-refractivity contribution in [3.63, 3.8) is 0 Å². The van der Waals surface area contributed by atoms with Gasteiger partial charge in [0.15, 0.2) is 0 Å². The van der Waals surface area contributed by atoms with Crippen molar-refractivity contribution in [2.24, 2.45) is 0 Å². The summed E-state index contributed by atoms with van der Waals surface area (Å²) in [6.07, 6.45) is 15.1. The summed E-state index contributed by atoms with van der Waals surface area (Å²) in [6, 6.07) is 0. The Morgan fingerprint density at radius 3 is 2.19 bits per heavy atom. The van der Waals surface area contributed by atoms with Crippen LogP contribution in [0.4, 0.5) is 5.82 Å². The number of hydrogen-bond acceptors (Lipinski definition) is 2. The smallest absolute Gasteiger partial charge is 0.127 e. The molecule has 116 valence electrons. The third kappa shape index (κ3) is 3.02. The van der Waals surface area contributed by atoms with Crippen molar-refractivity contribution < 1.29 is 0 Å². The molecule has 2 aliphatic carbocycles. The molecular formula is C18H29N3. The van der Waals surface area contributed by atoms with Crippen molar-refractivity contribution in [1.29, 1.82) is 0 Å². The molecule has 0 unspecified atom stereocenters. The first-order valence-corrected chi connectivity index (χ1v) is 8.78. The molecule has 0 spiro atoms. The number of aromatic nitrogens is 2. The van der Waals surface area contributed by atoms with Gasteiger partial charge in [-0.1, -0.05) is 44.6 Å². The second-order valence-corrected chi connectivity index (χ2v) is 6.81. The van der Waals surface area contributed by atoms with Gasteiger partial charge in [-0.25, -0.2) is 4.98 Å². The Morgan fingerprint density at radius 2 is 1.57 bits per heavy atom. The molecule has 2 N–H and O–H groups in total. The van der Waals surface area contributed by atoms with Gasteiger partial charge in [-0.05, 0) is 25.7 Å². The van der Waals surface area contributed by atoms with E-state index in [4.69, 9.17) is 10.7 Å². The van der Waals surface area contributed by atoms with E-state index in [2.05, 4.69) is 11.1 Å². The fourth-order valence-corrected chi connectivity index (χ4v) is 4.17. The van der Waals surface area contributed by atoms with E-state index in [-0.39, 0.29) is 0 Å². The van der Waals surface area contributed by atoms with Crippen LogP contribution in [0, 0.1) is 0 Å². The minimum atomic E-state index is 0.582.